The van der Waals surface area contributed by atoms with E-state index in [4.69, 9.17) is 23.2 Å². The highest BCUT2D eigenvalue weighted by Crippen LogP contribution is 2.38. The molecule has 1 heterocycles. The zero-order valence-corrected chi connectivity index (χ0v) is 14.3. The van der Waals surface area contributed by atoms with Crippen molar-refractivity contribution < 1.29 is 4.79 Å². The van der Waals surface area contributed by atoms with Crippen molar-refractivity contribution >= 4 is 52.4 Å². The van der Waals surface area contributed by atoms with Crippen molar-refractivity contribution in [2.24, 2.45) is 5.10 Å². The molecule has 0 fully saturated rings. The molecule has 118 valence electrons. The van der Waals surface area contributed by atoms with Gasteiger partial charge >= 0.3 is 6.03 Å². The largest absolute Gasteiger partial charge is 0.339 e. The molecular weight excluding hydrogens is 353 g/mol. The van der Waals surface area contributed by atoms with Gasteiger partial charge in [0.2, 0.25) is 0 Å². The van der Waals surface area contributed by atoms with E-state index < -0.39 is 6.03 Å². The van der Waals surface area contributed by atoms with Crippen LogP contribution >= 0.6 is 35.0 Å². The van der Waals surface area contributed by atoms with E-state index in [-0.39, 0.29) is 0 Å². The Morgan fingerprint density at radius 1 is 1.17 bits per heavy atom. The van der Waals surface area contributed by atoms with Crippen LogP contribution in [0, 0.1) is 0 Å². The molecule has 2 aromatic rings. The summed E-state index contributed by atoms with van der Waals surface area (Å²) in [5.74, 6) is 0.856. The molecule has 0 aromatic heterocycles. The van der Waals surface area contributed by atoms with E-state index in [0.717, 1.165) is 28.3 Å². The minimum absolute atomic E-state index is 0.392. The number of fused-ring (bicyclic) bond motifs is 1. The lowest BCUT2D eigenvalue weighted by molar-refractivity contribution is 0.252. The van der Waals surface area contributed by atoms with Crippen LogP contribution in [0.5, 0.6) is 0 Å². The van der Waals surface area contributed by atoms with E-state index in [1.165, 1.54) is 0 Å². The third-order valence-electron chi connectivity index (χ3n) is 3.23. The fourth-order valence-electron chi connectivity index (χ4n) is 2.22. The molecule has 7 heteroatoms. The second-order valence-electron chi connectivity index (χ2n) is 4.85. The van der Waals surface area contributed by atoms with Gasteiger partial charge in [0.05, 0.1) is 10.7 Å². The average Bonchev–Trinajstić information content (AvgIpc) is 2.54. The molecule has 1 aliphatic rings. The monoisotopic (exact) mass is 365 g/mol. The van der Waals surface area contributed by atoms with Crippen LogP contribution in [0.2, 0.25) is 10.0 Å². The number of carbonyl (C=O) groups excluding carboxylic acids is 1. The minimum Gasteiger partial charge on any atom is -0.307 e. The molecule has 0 bridgehead atoms. The fourth-order valence-corrected chi connectivity index (χ4v) is 3.91. The van der Waals surface area contributed by atoms with Gasteiger partial charge in [0.25, 0.3) is 0 Å². The number of hydrogen-bond donors (Lipinski definition) is 2. The SMILES string of the molecule is O=C(N/N=C1\CCSc2c(Cl)cc(Cl)cc21)Nc1ccccc1. The molecule has 2 amide bonds. The summed E-state index contributed by atoms with van der Waals surface area (Å²) in [7, 11) is 0. The average molecular weight is 366 g/mol. The number of nitrogens with zero attached hydrogens (tertiary/aromatic N) is 1. The van der Waals surface area contributed by atoms with Gasteiger partial charge in [0.15, 0.2) is 0 Å². The molecule has 0 saturated carbocycles. The van der Waals surface area contributed by atoms with Crippen LogP contribution < -0.4 is 10.7 Å². The van der Waals surface area contributed by atoms with Crippen LogP contribution in [-0.4, -0.2) is 17.5 Å². The van der Waals surface area contributed by atoms with E-state index >= 15 is 0 Å². The summed E-state index contributed by atoms with van der Waals surface area (Å²) in [5, 5.41) is 8.10. The van der Waals surface area contributed by atoms with Gasteiger partial charge in [-0.2, -0.15) is 5.10 Å². The molecular formula is C16H13Cl2N3OS. The van der Waals surface area contributed by atoms with Gasteiger partial charge in [-0.25, -0.2) is 10.2 Å². The molecule has 0 aliphatic carbocycles. The number of carbonyl (C=O) groups is 1. The Bertz CT molecular complexity index is 765. The number of benzene rings is 2. The lowest BCUT2D eigenvalue weighted by Gasteiger charge is -2.19. The molecule has 0 unspecified atom stereocenters. The lowest BCUT2D eigenvalue weighted by atomic mass is 10.1. The number of anilines is 1. The fraction of sp³-hybridized carbons (Fsp3) is 0.125. The molecule has 0 saturated heterocycles. The third kappa shape index (κ3) is 3.99. The molecule has 1 aliphatic heterocycles. The Hall–Kier alpha value is -1.69. The number of amides is 2. The predicted octanol–water partition coefficient (Wildman–Crippen LogP) is 5.02. The molecule has 23 heavy (non-hydrogen) atoms. The Morgan fingerprint density at radius 3 is 2.74 bits per heavy atom. The summed E-state index contributed by atoms with van der Waals surface area (Å²) in [4.78, 5) is 12.9. The van der Waals surface area contributed by atoms with Crippen LogP contribution in [0.15, 0.2) is 52.5 Å². The normalized spacial score (nSPS) is 15.1. The number of rotatable bonds is 2. The highest BCUT2D eigenvalue weighted by molar-refractivity contribution is 7.99. The molecule has 0 radical (unpaired) electrons. The summed E-state index contributed by atoms with van der Waals surface area (Å²) in [6.45, 7) is 0. The van der Waals surface area contributed by atoms with Crippen molar-refractivity contribution in [2.45, 2.75) is 11.3 Å². The van der Waals surface area contributed by atoms with E-state index in [2.05, 4.69) is 15.8 Å². The maximum atomic E-state index is 11.9. The maximum absolute atomic E-state index is 11.9. The number of halogens is 2. The van der Waals surface area contributed by atoms with Crippen LogP contribution in [-0.2, 0) is 0 Å². The first-order chi connectivity index (χ1) is 11.1. The van der Waals surface area contributed by atoms with Crippen molar-refractivity contribution in [3.8, 4) is 0 Å². The first-order valence-electron chi connectivity index (χ1n) is 6.94. The summed E-state index contributed by atoms with van der Waals surface area (Å²) >= 11 is 14.0. The van der Waals surface area contributed by atoms with E-state index in [1.807, 2.05) is 24.3 Å². The van der Waals surface area contributed by atoms with Crippen LogP contribution in [0.1, 0.15) is 12.0 Å². The maximum Gasteiger partial charge on any atom is 0.339 e. The number of hydrogen-bond acceptors (Lipinski definition) is 3. The number of hydrazone groups is 1. The molecule has 4 nitrogen and oxygen atoms in total. The van der Waals surface area contributed by atoms with Crippen molar-refractivity contribution in [1.82, 2.24) is 5.43 Å². The first kappa shape index (κ1) is 16.2. The van der Waals surface area contributed by atoms with Gasteiger partial charge in [0, 0.05) is 33.3 Å². The quantitative estimate of drug-likeness (QED) is 0.734. The van der Waals surface area contributed by atoms with Gasteiger partial charge in [-0.05, 0) is 24.3 Å². The summed E-state index contributed by atoms with van der Waals surface area (Å²) in [6.07, 6.45) is 0.736. The predicted molar refractivity (Wildman–Crippen MR) is 96.9 cm³/mol. The number of thioether (sulfide) groups is 1. The van der Waals surface area contributed by atoms with E-state index in [1.54, 1.807) is 30.0 Å². The van der Waals surface area contributed by atoms with Gasteiger partial charge in [-0.3, -0.25) is 0 Å². The standard InChI is InChI=1S/C16H13Cl2N3OS/c17-10-8-12-14(6-7-23-15(12)13(18)9-10)20-21-16(22)19-11-4-2-1-3-5-11/h1-5,8-9H,6-7H2,(H2,19,21,22)/b20-14+. The zero-order chi connectivity index (χ0) is 16.2. The summed E-state index contributed by atoms with van der Waals surface area (Å²) < 4.78 is 0. The molecule has 3 rings (SSSR count). The van der Waals surface area contributed by atoms with E-state index in [9.17, 15) is 4.79 Å². The Morgan fingerprint density at radius 2 is 1.96 bits per heavy atom. The second kappa shape index (κ2) is 7.25. The van der Waals surface area contributed by atoms with Crippen LogP contribution in [0.4, 0.5) is 10.5 Å². The molecule has 0 atom stereocenters. The molecule has 0 spiro atoms. The van der Waals surface area contributed by atoms with Crippen LogP contribution in [0.25, 0.3) is 0 Å². The van der Waals surface area contributed by atoms with Crippen molar-refractivity contribution in [1.29, 1.82) is 0 Å². The molecule has 2 N–H and O–H groups in total. The van der Waals surface area contributed by atoms with E-state index in [0.29, 0.717) is 15.7 Å². The van der Waals surface area contributed by atoms with Gasteiger partial charge < -0.3 is 5.32 Å². The summed E-state index contributed by atoms with van der Waals surface area (Å²) in [5.41, 5.74) is 4.87. The number of para-hydroxylation sites is 1. The Labute approximate surface area is 148 Å². The first-order valence-corrected chi connectivity index (χ1v) is 8.68. The Kier molecular flexibility index (Phi) is 5.10. The van der Waals surface area contributed by atoms with Crippen LogP contribution in [0.3, 0.4) is 0 Å². The third-order valence-corrected chi connectivity index (χ3v) is 4.99. The van der Waals surface area contributed by atoms with Gasteiger partial charge in [-0.15, -0.1) is 11.8 Å². The number of urea groups is 1. The molecule has 2 aromatic carbocycles. The highest BCUT2D eigenvalue weighted by atomic mass is 35.5. The number of nitrogens with one attached hydrogen (secondary N) is 2. The second-order valence-corrected chi connectivity index (χ2v) is 6.80. The summed E-state index contributed by atoms with van der Waals surface area (Å²) in [6, 6.07) is 12.3. The minimum atomic E-state index is -0.392. The van der Waals surface area contributed by atoms with Gasteiger partial charge in [0.1, 0.15) is 0 Å². The smallest absolute Gasteiger partial charge is 0.307 e. The lowest BCUT2D eigenvalue weighted by Crippen LogP contribution is -2.26. The van der Waals surface area contributed by atoms with Crippen molar-refractivity contribution in [3.05, 3.63) is 58.1 Å². The van der Waals surface area contributed by atoms with Crippen molar-refractivity contribution in [2.75, 3.05) is 11.1 Å². The zero-order valence-electron chi connectivity index (χ0n) is 12.0. The highest BCUT2D eigenvalue weighted by Gasteiger charge is 2.20. The Balaban J connectivity index is 1.76. The van der Waals surface area contributed by atoms with Crippen molar-refractivity contribution in [3.63, 3.8) is 0 Å². The van der Waals surface area contributed by atoms with Gasteiger partial charge in [-0.1, -0.05) is 41.4 Å². The topological polar surface area (TPSA) is 53.5 Å².